The Morgan fingerprint density at radius 1 is 1.25 bits per heavy atom. The summed E-state index contributed by atoms with van der Waals surface area (Å²) in [4.78, 5) is 31.4. The molecule has 1 atom stereocenters. The molecule has 4 rings (SSSR count). The van der Waals surface area contributed by atoms with Crippen molar-refractivity contribution in [3.63, 3.8) is 0 Å². The predicted octanol–water partition coefficient (Wildman–Crippen LogP) is 2.05. The lowest BCUT2D eigenvalue weighted by atomic mass is 10.0. The highest BCUT2D eigenvalue weighted by atomic mass is 19.1. The molecule has 3 aromatic rings. The van der Waals surface area contributed by atoms with Crippen LogP contribution >= 0.6 is 0 Å². The van der Waals surface area contributed by atoms with Crippen LogP contribution < -0.4 is 15.9 Å². The van der Waals surface area contributed by atoms with Crippen LogP contribution in [0.1, 0.15) is 26.2 Å². The molecule has 0 spiro atoms. The number of hydrogen-bond donors (Lipinski definition) is 1. The molecule has 8 nitrogen and oxygen atoms in total. The van der Waals surface area contributed by atoms with Crippen molar-refractivity contribution in [2.24, 2.45) is 0 Å². The van der Waals surface area contributed by atoms with Crippen LogP contribution in [0.3, 0.4) is 0 Å². The number of nitrogens with zero attached hydrogens (tertiary/aromatic N) is 5. The van der Waals surface area contributed by atoms with Gasteiger partial charge in [0, 0.05) is 24.5 Å². The molecule has 0 bridgehead atoms. The molecule has 9 heteroatoms. The quantitative estimate of drug-likeness (QED) is 0.744. The summed E-state index contributed by atoms with van der Waals surface area (Å²) in [5.74, 6) is 0.226. The number of hydrogen-bond acceptors (Lipinski definition) is 5. The van der Waals surface area contributed by atoms with E-state index in [2.05, 4.69) is 27.2 Å². The fourth-order valence-corrected chi connectivity index (χ4v) is 3.47. The van der Waals surface area contributed by atoms with Gasteiger partial charge < -0.3 is 10.2 Å². The van der Waals surface area contributed by atoms with E-state index in [1.54, 1.807) is 12.3 Å². The SMILES string of the molecule is CC1CCCCN1c1ccn2c(=O)n(CC(=O)Nc3ccc(F)cc3)nc2n1. The molecular formula is C19H21FN6O2. The minimum atomic E-state index is -0.435. The van der Waals surface area contributed by atoms with Gasteiger partial charge in [-0.3, -0.25) is 4.79 Å². The molecule has 28 heavy (non-hydrogen) atoms. The second-order valence-electron chi connectivity index (χ2n) is 6.99. The Morgan fingerprint density at radius 2 is 2.04 bits per heavy atom. The van der Waals surface area contributed by atoms with Crippen molar-refractivity contribution < 1.29 is 9.18 Å². The average molecular weight is 384 g/mol. The van der Waals surface area contributed by atoms with Crippen molar-refractivity contribution in [1.82, 2.24) is 19.2 Å². The fraction of sp³-hybridized carbons (Fsp3) is 0.368. The van der Waals surface area contributed by atoms with E-state index in [1.807, 2.05) is 0 Å². The Morgan fingerprint density at radius 3 is 2.79 bits per heavy atom. The van der Waals surface area contributed by atoms with E-state index in [9.17, 15) is 14.0 Å². The summed E-state index contributed by atoms with van der Waals surface area (Å²) in [7, 11) is 0. The van der Waals surface area contributed by atoms with Gasteiger partial charge in [0.2, 0.25) is 5.91 Å². The van der Waals surface area contributed by atoms with Crippen LogP contribution in [0.5, 0.6) is 0 Å². The lowest BCUT2D eigenvalue weighted by Crippen LogP contribution is -2.38. The van der Waals surface area contributed by atoms with Crippen molar-refractivity contribution in [3.8, 4) is 0 Å². The van der Waals surface area contributed by atoms with E-state index in [-0.39, 0.29) is 18.1 Å². The fourth-order valence-electron chi connectivity index (χ4n) is 3.47. The number of benzene rings is 1. The van der Waals surface area contributed by atoms with Crippen molar-refractivity contribution in [2.45, 2.75) is 38.8 Å². The summed E-state index contributed by atoms with van der Waals surface area (Å²) < 4.78 is 15.3. The Labute approximate surface area is 160 Å². The van der Waals surface area contributed by atoms with Gasteiger partial charge in [-0.05, 0) is 56.5 Å². The van der Waals surface area contributed by atoms with Gasteiger partial charge in [0.05, 0.1) is 0 Å². The first-order valence-corrected chi connectivity index (χ1v) is 9.29. The van der Waals surface area contributed by atoms with E-state index in [0.29, 0.717) is 11.7 Å². The van der Waals surface area contributed by atoms with Crippen LogP contribution in [0.4, 0.5) is 15.9 Å². The third-order valence-electron chi connectivity index (χ3n) is 4.96. The predicted molar refractivity (Wildman–Crippen MR) is 103 cm³/mol. The maximum atomic E-state index is 13.0. The van der Waals surface area contributed by atoms with E-state index in [0.717, 1.165) is 29.9 Å². The van der Waals surface area contributed by atoms with Crippen LogP contribution in [0.25, 0.3) is 5.78 Å². The molecule has 1 aliphatic rings. The first-order chi connectivity index (χ1) is 13.5. The van der Waals surface area contributed by atoms with Gasteiger partial charge in [0.25, 0.3) is 5.78 Å². The van der Waals surface area contributed by atoms with Crippen molar-refractivity contribution in [1.29, 1.82) is 0 Å². The highest BCUT2D eigenvalue weighted by Crippen LogP contribution is 2.22. The minimum absolute atomic E-state index is 0.255. The minimum Gasteiger partial charge on any atom is -0.354 e. The molecule has 1 aromatic carbocycles. The van der Waals surface area contributed by atoms with Gasteiger partial charge in [-0.15, -0.1) is 5.10 Å². The summed E-state index contributed by atoms with van der Waals surface area (Å²) in [6.07, 6.45) is 5.07. The summed E-state index contributed by atoms with van der Waals surface area (Å²) >= 11 is 0. The molecule has 1 saturated heterocycles. The van der Waals surface area contributed by atoms with Crippen LogP contribution in [0.15, 0.2) is 41.3 Å². The molecule has 1 N–H and O–H groups in total. The Balaban J connectivity index is 1.54. The van der Waals surface area contributed by atoms with Crippen LogP contribution in [0, 0.1) is 5.82 Å². The lowest BCUT2D eigenvalue weighted by molar-refractivity contribution is -0.117. The first-order valence-electron chi connectivity index (χ1n) is 9.29. The molecule has 3 heterocycles. The molecule has 1 aliphatic heterocycles. The maximum Gasteiger partial charge on any atom is 0.352 e. The molecule has 1 unspecified atom stereocenters. The molecule has 2 aromatic heterocycles. The zero-order valence-electron chi connectivity index (χ0n) is 15.5. The number of nitrogens with one attached hydrogen (secondary N) is 1. The zero-order valence-corrected chi connectivity index (χ0v) is 15.5. The molecule has 0 aliphatic carbocycles. The number of carbonyl (C=O) groups is 1. The van der Waals surface area contributed by atoms with Crippen molar-refractivity contribution in [3.05, 3.63) is 52.8 Å². The van der Waals surface area contributed by atoms with Gasteiger partial charge in [0.15, 0.2) is 0 Å². The van der Waals surface area contributed by atoms with Gasteiger partial charge in [-0.1, -0.05) is 0 Å². The monoisotopic (exact) mass is 384 g/mol. The van der Waals surface area contributed by atoms with Gasteiger partial charge >= 0.3 is 5.69 Å². The summed E-state index contributed by atoms with van der Waals surface area (Å²) in [6.45, 7) is 2.83. The lowest BCUT2D eigenvalue weighted by Gasteiger charge is -2.34. The summed E-state index contributed by atoms with van der Waals surface area (Å²) in [5.41, 5.74) is 0.0118. The van der Waals surface area contributed by atoms with Crippen molar-refractivity contribution in [2.75, 3.05) is 16.8 Å². The number of aromatic nitrogens is 4. The number of fused-ring (bicyclic) bond motifs is 1. The Hall–Kier alpha value is -3.23. The number of carbonyl (C=O) groups excluding carboxylic acids is 1. The average Bonchev–Trinajstić information content (AvgIpc) is 2.99. The number of piperidine rings is 1. The topological polar surface area (TPSA) is 84.5 Å². The van der Waals surface area contributed by atoms with Crippen LogP contribution in [0.2, 0.25) is 0 Å². The molecule has 146 valence electrons. The van der Waals surface area contributed by atoms with Crippen LogP contribution in [-0.4, -0.2) is 37.7 Å². The zero-order chi connectivity index (χ0) is 19.7. The number of amides is 1. The van der Waals surface area contributed by atoms with Crippen molar-refractivity contribution >= 4 is 23.2 Å². The highest BCUT2D eigenvalue weighted by Gasteiger charge is 2.21. The van der Waals surface area contributed by atoms with E-state index < -0.39 is 11.6 Å². The van der Waals surface area contributed by atoms with Crippen LogP contribution in [-0.2, 0) is 11.3 Å². The Bertz CT molecular complexity index is 1060. The van der Waals surface area contributed by atoms with Gasteiger partial charge in [0.1, 0.15) is 18.2 Å². The molecule has 1 amide bonds. The third kappa shape index (κ3) is 3.60. The van der Waals surface area contributed by atoms with E-state index >= 15 is 0 Å². The van der Waals surface area contributed by atoms with Gasteiger partial charge in [-0.25, -0.2) is 18.3 Å². The summed E-state index contributed by atoms with van der Waals surface area (Å²) in [5, 5.41) is 6.81. The molecular weight excluding hydrogens is 363 g/mol. The number of rotatable bonds is 4. The molecule has 0 saturated carbocycles. The van der Waals surface area contributed by atoms with E-state index in [4.69, 9.17) is 0 Å². The van der Waals surface area contributed by atoms with E-state index in [1.165, 1.54) is 35.1 Å². The smallest absolute Gasteiger partial charge is 0.352 e. The molecule has 0 radical (unpaired) electrons. The second kappa shape index (κ2) is 7.41. The largest absolute Gasteiger partial charge is 0.354 e. The number of anilines is 2. The third-order valence-corrected chi connectivity index (χ3v) is 4.96. The standard InChI is InChI=1S/C19H21FN6O2/c1-13-4-2-3-10-24(13)16-9-11-25-18(22-16)23-26(19(25)28)12-17(27)21-15-7-5-14(20)6-8-15/h5-9,11,13H,2-4,10,12H2,1H3,(H,21,27). The highest BCUT2D eigenvalue weighted by molar-refractivity contribution is 5.90. The first kappa shape index (κ1) is 18.1. The normalized spacial score (nSPS) is 17.1. The summed E-state index contributed by atoms with van der Waals surface area (Å²) in [6, 6.07) is 7.60. The second-order valence-corrected chi connectivity index (χ2v) is 6.99. The van der Waals surface area contributed by atoms with Gasteiger partial charge in [-0.2, -0.15) is 4.98 Å². The maximum absolute atomic E-state index is 13.0. The molecule has 1 fully saturated rings. The number of halogens is 1. The Kier molecular flexibility index (Phi) is 4.81.